The molecule has 0 aliphatic heterocycles. The molecule has 0 spiro atoms. The SMILES string of the molecule is O=CC(CC(=O)CCc1ccccc1)C(=O)c1ccccc1. The van der Waals surface area contributed by atoms with Crippen molar-refractivity contribution in [2.24, 2.45) is 5.92 Å². The molecule has 0 amide bonds. The lowest BCUT2D eigenvalue weighted by atomic mass is 9.92. The Balaban J connectivity index is 1.91. The van der Waals surface area contributed by atoms with Crippen LogP contribution in [0, 0.1) is 5.92 Å². The molecule has 0 bridgehead atoms. The number of hydrogen-bond donors (Lipinski definition) is 0. The molecule has 0 aliphatic carbocycles. The Bertz CT molecular complexity index is 632. The van der Waals surface area contributed by atoms with E-state index in [-0.39, 0.29) is 18.0 Å². The monoisotopic (exact) mass is 294 g/mol. The van der Waals surface area contributed by atoms with Crippen LogP contribution in [-0.2, 0) is 16.0 Å². The van der Waals surface area contributed by atoms with Crippen molar-refractivity contribution in [2.75, 3.05) is 0 Å². The van der Waals surface area contributed by atoms with Crippen LogP contribution >= 0.6 is 0 Å². The molecule has 0 saturated heterocycles. The summed E-state index contributed by atoms with van der Waals surface area (Å²) < 4.78 is 0. The molecule has 2 aromatic carbocycles. The number of hydrogen-bond acceptors (Lipinski definition) is 3. The molecule has 3 heteroatoms. The Morgan fingerprint density at radius 3 is 2.09 bits per heavy atom. The van der Waals surface area contributed by atoms with Crippen molar-refractivity contribution in [2.45, 2.75) is 19.3 Å². The third-order valence-electron chi connectivity index (χ3n) is 3.54. The Labute approximate surface area is 130 Å². The van der Waals surface area contributed by atoms with Gasteiger partial charge in [0, 0.05) is 18.4 Å². The minimum Gasteiger partial charge on any atom is -0.303 e. The van der Waals surface area contributed by atoms with Gasteiger partial charge in [-0.15, -0.1) is 0 Å². The summed E-state index contributed by atoms with van der Waals surface area (Å²) in [4.78, 5) is 35.4. The summed E-state index contributed by atoms with van der Waals surface area (Å²) >= 11 is 0. The average molecular weight is 294 g/mol. The Morgan fingerprint density at radius 2 is 1.50 bits per heavy atom. The minimum atomic E-state index is -0.884. The Morgan fingerprint density at radius 1 is 0.909 bits per heavy atom. The highest BCUT2D eigenvalue weighted by molar-refractivity contribution is 6.07. The number of carbonyl (C=O) groups is 3. The lowest BCUT2D eigenvalue weighted by molar-refractivity contribution is -0.122. The predicted molar refractivity (Wildman–Crippen MR) is 84.7 cm³/mol. The first-order chi connectivity index (χ1) is 10.7. The van der Waals surface area contributed by atoms with Crippen molar-refractivity contribution in [3.8, 4) is 0 Å². The van der Waals surface area contributed by atoms with E-state index >= 15 is 0 Å². The van der Waals surface area contributed by atoms with Gasteiger partial charge in [-0.2, -0.15) is 0 Å². The zero-order valence-corrected chi connectivity index (χ0v) is 12.3. The van der Waals surface area contributed by atoms with Crippen LogP contribution in [0.1, 0.15) is 28.8 Å². The van der Waals surface area contributed by atoms with Gasteiger partial charge >= 0.3 is 0 Å². The number of ketones is 2. The standard InChI is InChI=1S/C19H18O3/c20-14-17(19(22)16-9-5-2-6-10-16)13-18(21)12-11-15-7-3-1-4-8-15/h1-10,14,17H,11-13H2. The highest BCUT2D eigenvalue weighted by atomic mass is 16.1. The summed E-state index contributed by atoms with van der Waals surface area (Å²) in [5.41, 5.74) is 1.54. The maximum Gasteiger partial charge on any atom is 0.173 e. The second-order valence-electron chi connectivity index (χ2n) is 5.20. The average Bonchev–Trinajstić information content (AvgIpc) is 2.59. The van der Waals surface area contributed by atoms with Crippen molar-refractivity contribution >= 4 is 17.9 Å². The van der Waals surface area contributed by atoms with Crippen LogP contribution in [0.25, 0.3) is 0 Å². The van der Waals surface area contributed by atoms with E-state index in [1.165, 1.54) is 0 Å². The molecule has 0 aromatic heterocycles. The van der Waals surface area contributed by atoms with Gasteiger partial charge in [-0.25, -0.2) is 0 Å². The molecule has 112 valence electrons. The van der Waals surface area contributed by atoms with Crippen LogP contribution in [0.2, 0.25) is 0 Å². The Hall–Kier alpha value is -2.55. The molecule has 0 aliphatic rings. The fourth-order valence-corrected chi connectivity index (χ4v) is 2.29. The van der Waals surface area contributed by atoms with Crippen molar-refractivity contribution in [1.29, 1.82) is 0 Å². The molecule has 1 atom stereocenters. The van der Waals surface area contributed by atoms with Gasteiger partial charge in [0.25, 0.3) is 0 Å². The van der Waals surface area contributed by atoms with Gasteiger partial charge in [-0.3, -0.25) is 9.59 Å². The molecule has 0 fully saturated rings. The molecule has 0 radical (unpaired) electrons. The van der Waals surface area contributed by atoms with Crippen LogP contribution in [0.3, 0.4) is 0 Å². The van der Waals surface area contributed by atoms with E-state index in [2.05, 4.69) is 0 Å². The molecule has 2 rings (SSSR count). The number of rotatable bonds is 8. The smallest absolute Gasteiger partial charge is 0.173 e. The topological polar surface area (TPSA) is 51.2 Å². The molecular weight excluding hydrogens is 276 g/mol. The minimum absolute atomic E-state index is 0.0237. The molecular formula is C19H18O3. The van der Waals surface area contributed by atoms with Crippen LogP contribution in [0.4, 0.5) is 0 Å². The molecule has 0 saturated carbocycles. The van der Waals surface area contributed by atoms with Gasteiger partial charge in [-0.05, 0) is 12.0 Å². The van der Waals surface area contributed by atoms with Crippen LogP contribution in [0.15, 0.2) is 60.7 Å². The van der Waals surface area contributed by atoms with E-state index < -0.39 is 5.92 Å². The molecule has 3 nitrogen and oxygen atoms in total. The lowest BCUT2D eigenvalue weighted by Crippen LogP contribution is -2.20. The number of benzene rings is 2. The number of carbonyl (C=O) groups excluding carboxylic acids is 3. The number of Topliss-reactive ketones (excluding diaryl/α,β-unsaturated/α-hetero) is 2. The molecule has 0 heterocycles. The first kappa shape index (κ1) is 15.8. The summed E-state index contributed by atoms with van der Waals surface area (Å²) in [5, 5.41) is 0. The van der Waals surface area contributed by atoms with Crippen LogP contribution in [-0.4, -0.2) is 17.9 Å². The quantitative estimate of drug-likeness (QED) is 0.426. The van der Waals surface area contributed by atoms with E-state index in [1.54, 1.807) is 30.3 Å². The van der Waals surface area contributed by atoms with Crippen molar-refractivity contribution in [3.05, 3.63) is 71.8 Å². The van der Waals surface area contributed by atoms with E-state index in [4.69, 9.17) is 0 Å². The number of aldehydes is 1. The molecule has 1 unspecified atom stereocenters. The van der Waals surface area contributed by atoms with E-state index in [9.17, 15) is 14.4 Å². The van der Waals surface area contributed by atoms with Gasteiger partial charge in [0.2, 0.25) is 0 Å². The number of aryl methyl sites for hydroxylation is 1. The van der Waals surface area contributed by atoms with E-state index in [0.717, 1.165) is 5.56 Å². The second kappa shape index (κ2) is 8.03. The van der Waals surface area contributed by atoms with Crippen LogP contribution in [0.5, 0.6) is 0 Å². The van der Waals surface area contributed by atoms with Crippen molar-refractivity contribution in [3.63, 3.8) is 0 Å². The second-order valence-corrected chi connectivity index (χ2v) is 5.20. The highest BCUT2D eigenvalue weighted by Gasteiger charge is 2.22. The zero-order valence-electron chi connectivity index (χ0n) is 12.3. The summed E-state index contributed by atoms with van der Waals surface area (Å²) in [6.07, 6.45) is 1.53. The lowest BCUT2D eigenvalue weighted by Gasteiger charge is -2.09. The largest absolute Gasteiger partial charge is 0.303 e. The summed E-state index contributed by atoms with van der Waals surface area (Å²) in [5.74, 6) is -1.24. The van der Waals surface area contributed by atoms with Gasteiger partial charge in [0.05, 0.1) is 5.92 Å². The van der Waals surface area contributed by atoms with Gasteiger partial charge in [-0.1, -0.05) is 60.7 Å². The first-order valence-electron chi connectivity index (χ1n) is 7.31. The maximum absolute atomic E-state index is 12.2. The summed E-state index contributed by atoms with van der Waals surface area (Å²) in [6.45, 7) is 0. The third-order valence-corrected chi connectivity index (χ3v) is 3.54. The van der Waals surface area contributed by atoms with Crippen molar-refractivity contribution < 1.29 is 14.4 Å². The highest BCUT2D eigenvalue weighted by Crippen LogP contribution is 2.13. The van der Waals surface area contributed by atoms with Gasteiger partial charge in [0.1, 0.15) is 12.1 Å². The molecule has 2 aromatic rings. The Kier molecular flexibility index (Phi) is 5.78. The van der Waals surface area contributed by atoms with Crippen molar-refractivity contribution in [1.82, 2.24) is 0 Å². The van der Waals surface area contributed by atoms with E-state index in [0.29, 0.717) is 24.7 Å². The summed E-state index contributed by atoms with van der Waals surface area (Å²) in [7, 11) is 0. The van der Waals surface area contributed by atoms with Gasteiger partial charge in [0.15, 0.2) is 5.78 Å². The molecule has 0 N–H and O–H groups in total. The zero-order chi connectivity index (χ0) is 15.8. The predicted octanol–water partition coefficient (Wildman–Crippen LogP) is 3.28. The third kappa shape index (κ3) is 4.48. The molecule has 22 heavy (non-hydrogen) atoms. The summed E-state index contributed by atoms with van der Waals surface area (Å²) in [6, 6.07) is 18.3. The fourth-order valence-electron chi connectivity index (χ4n) is 2.29. The van der Waals surface area contributed by atoms with E-state index in [1.807, 2.05) is 30.3 Å². The maximum atomic E-state index is 12.2. The first-order valence-corrected chi connectivity index (χ1v) is 7.31. The fraction of sp³-hybridized carbons (Fsp3) is 0.211. The van der Waals surface area contributed by atoms with Gasteiger partial charge < -0.3 is 4.79 Å². The van der Waals surface area contributed by atoms with Crippen LogP contribution < -0.4 is 0 Å². The normalized spacial score (nSPS) is 11.6.